The van der Waals surface area contributed by atoms with Gasteiger partial charge >= 0.3 is 0 Å². The first-order valence-electron chi connectivity index (χ1n) is 6.94. The highest BCUT2D eigenvalue weighted by Crippen LogP contribution is 2.17. The minimum absolute atomic E-state index is 0.0462. The molecule has 0 spiro atoms. The van der Waals surface area contributed by atoms with Crippen molar-refractivity contribution < 1.29 is 17.6 Å². The topological polar surface area (TPSA) is 75.3 Å². The molecule has 0 aliphatic heterocycles. The zero-order valence-corrected chi connectivity index (χ0v) is 12.7. The summed E-state index contributed by atoms with van der Waals surface area (Å²) in [6.07, 6.45) is 4.06. The lowest BCUT2D eigenvalue weighted by Gasteiger charge is -2.12. The molecule has 0 unspecified atom stereocenters. The molecule has 0 atom stereocenters. The quantitative estimate of drug-likeness (QED) is 0.864. The molecule has 116 valence electrons. The predicted octanol–water partition coefficient (Wildman–Crippen LogP) is 1.47. The molecule has 0 saturated heterocycles. The summed E-state index contributed by atoms with van der Waals surface area (Å²) in [5.74, 6) is -0.808. The highest BCUT2D eigenvalue weighted by atomic mass is 32.2. The van der Waals surface area contributed by atoms with Crippen LogP contribution in [0.25, 0.3) is 0 Å². The number of aryl methyl sites for hydroxylation is 1. The highest BCUT2D eigenvalue weighted by Gasteiger charge is 2.20. The largest absolute Gasteiger partial charge is 0.352 e. The van der Waals surface area contributed by atoms with Crippen LogP contribution in [0.4, 0.5) is 4.39 Å². The van der Waals surface area contributed by atoms with Crippen molar-refractivity contribution in [3.63, 3.8) is 0 Å². The molecule has 1 aliphatic carbocycles. The van der Waals surface area contributed by atoms with E-state index in [-0.39, 0.29) is 29.0 Å². The number of halogens is 1. The van der Waals surface area contributed by atoms with E-state index in [2.05, 4.69) is 10.0 Å². The first kappa shape index (κ1) is 15.9. The standard InChI is InChI=1S/C14H19FN2O3S/c1-10-8-12(6-7-13(10)15)21(19,20)16-9-14(18)17-11-4-2-3-5-11/h6-8,11,16H,2-5,9H2,1H3,(H,17,18). The maximum Gasteiger partial charge on any atom is 0.241 e. The molecule has 1 aromatic rings. The van der Waals surface area contributed by atoms with E-state index < -0.39 is 15.8 Å². The number of sulfonamides is 1. The first-order valence-corrected chi connectivity index (χ1v) is 8.42. The number of amides is 1. The summed E-state index contributed by atoms with van der Waals surface area (Å²) in [4.78, 5) is 11.7. The van der Waals surface area contributed by atoms with Gasteiger partial charge < -0.3 is 5.32 Å². The molecule has 5 nitrogen and oxygen atoms in total. The molecule has 21 heavy (non-hydrogen) atoms. The van der Waals surface area contributed by atoms with Gasteiger partial charge in [-0.2, -0.15) is 0 Å². The number of benzene rings is 1. The van der Waals surface area contributed by atoms with E-state index in [1.165, 1.54) is 19.1 Å². The van der Waals surface area contributed by atoms with Crippen LogP contribution in [-0.4, -0.2) is 26.9 Å². The molecule has 1 aliphatic rings. The van der Waals surface area contributed by atoms with E-state index in [4.69, 9.17) is 0 Å². The smallest absolute Gasteiger partial charge is 0.241 e. The molecular formula is C14H19FN2O3S. The van der Waals surface area contributed by atoms with Gasteiger partial charge in [0.05, 0.1) is 11.4 Å². The number of nitrogens with one attached hydrogen (secondary N) is 2. The van der Waals surface area contributed by atoms with Crippen molar-refractivity contribution in [2.75, 3.05) is 6.54 Å². The van der Waals surface area contributed by atoms with E-state index in [0.29, 0.717) is 0 Å². The van der Waals surface area contributed by atoms with Crippen molar-refractivity contribution >= 4 is 15.9 Å². The third-order valence-corrected chi connectivity index (χ3v) is 4.98. The first-order chi connectivity index (χ1) is 9.88. The Morgan fingerprint density at radius 1 is 1.33 bits per heavy atom. The number of rotatable bonds is 5. The summed E-state index contributed by atoms with van der Waals surface area (Å²) >= 11 is 0. The Bertz CT molecular complexity index is 625. The third-order valence-electron chi connectivity index (χ3n) is 3.58. The van der Waals surface area contributed by atoms with Gasteiger partial charge in [-0.15, -0.1) is 0 Å². The zero-order chi connectivity index (χ0) is 15.5. The Balaban J connectivity index is 1.94. The van der Waals surface area contributed by atoms with Crippen LogP contribution in [0.2, 0.25) is 0 Å². The second kappa shape index (κ2) is 6.53. The molecule has 0 aromatic heterocycles. The average Bonchev–Trinajstić information content (AvgIpc) is 2.92. The van der Waals surface area contributed by atoms with Crippen LogP contribution in [0, 0.1) is 12.7 Å². The molecule has 1 fully saturated rings. The van der Waals surface area contributed by atoms with Gasteiger partial charge in [0.25, 0.3) is 0 Å². The summed E-state index contributed by atoms with van der Waals surface area (Å²) in [6, 6.07) is 3.67. The van der Waals surface area contributed by atoms with Crippen molar-refractivity contribution in [1.29, 1.82) is 0 Å². The van der Waals surface area contributed by atoms with Crippen molar-refractivity contribution in [2.24, 2.45) is 0 Å². The number of carbonyl (C=O) groups excluding carboxylic acids is 1. The Hall–Kier alpha value is -1.47. The third kappa shape index (κ3) is 4.25. The van der Waals surface area contributed by atoms with Gasteiger partial charge in [0, 0.05) is 6.04 Å². The minimum atomic E-state index is -3.81. The van der Waals surface area contributed by atoms with Gasteiger partial charge in [0.1, 0.15) is 5.82 Å². The Morgan fingerprint density at radius 2 is 2.00 bits per heavy atom. The second-order valence-electron chi connectivity index (χ2n) is 5.28. The molecule has 0 radical (unpaired) electrons. The van der Waals surface area contributed by atoms with Crippen LogP contribution in [-0.2, 0) is 14.8 Å². The molecule has 1 saturated carbocycles. The van der Waals surface area contributed by atoms with Crippen LogP contribution in [0.15, 0.2) is 23.1 Å². The van der Waals surface area contributed by atoms with Gasteiger partial charge in [-0.05, 0) is 43.5 Å². The summed E-state index contributed by atoms with van der Waals surface area (Å²) in [6.45, 7) is 1.18. The summed E-state index contributed by atoms with van der Waals surface area (Å²) in [7, 11) is -3.81. The fraction of sp³-hybridized carbons (Fsp3) is 0.500. The maximum atomic E-state index is 13.1. The van der Waals surface area contributed by atoms with Gasteiger partial charge in [-0.1, -0.05) is 12.8 Å². The number of hydrogen-bond acceptors (Lipinski definition) is 3. The Morgan fingerprint density at radius 3 is 2.62 bits per heavy atom. The average molecular weight is 314 g/mol. The van der Waals surface area contributed by atoms with Crippen LogP contribution >= 0.6 is 0 Å². The van der Waals surface area contributed by atoms with Crippen molar-refractivity contribution in [2.45, 2.75) is 43.5 Å². The van der Waals surface area contributed by atoms with E-state index in [0.717, 1.165) is 31.7 Å². The van der Waals surface area contributed by atoms with Crippen LogP contribution in [0.5, 0.6) is 0 Å². The monoisotopic (exact) mass is 314 g/mol. The number of hydrogen-bond donors (Lipinski definition) is 2. The molecule has 1 amide bonds. The summed E-state index contributed by atoms with van der Waals surface area (Å²) in [5, 5.41) is 2.80. The Kier molecular flexibility index (Phi) is 4.95. The van der Waals surface area contributed by atoms with E-state index >= 15 is 0 Å². The summed E-state index contributed by atoms with van der Waals surface area (Å²) in [5.41, 5.74) is 0.244. The molecule has 0 heterocycles. The van der Waals surface area contributed by atoms with Crippen LogP contribution < -0.4 is 10.0 Å². The summed E-state index contributed by atoms with van der Waals surface area (Å²) < 4.78 is 39.4. The molecule has 7 heteroatoms. The van der Waals surface area contributed by atoms with E-state index in [1.54, 1.807) is 0 Å². The normalized spacial score (nSPS) is 16.1. The number of carbonyl (C=O) groups is 1. The second-order valence-corrected chi connectivity index (χ2v) is 7.05. The van der Waals surface area contributed by atoms with Crippen molar-refractivity contribution in [1.82, 2.24) is 10.0 Å². The van der Waals surface area contributed by atoms with Crippen molar-refractivity contribution in [3.8, 4) is 0 Å². The highest BCUT2D eigenvalue weighted by molar-refractivity contribution is 7.89. The van der Waals surface area contributed by atoms with Gasteiger partial charge in [0.15, 0.2) is 0 Å². The lowest BCUT2D eigenvalue weighted by molar-refractivity contribution is -0.120. The molecule has 0 bridgehead atoms. The molecular weight excluding hydrogens is 295 g/mol. The van der Waals surface area contributed by atoms with E-state index in [9.17, 15) is 17.6 Å². The fourth-order valence-corrected chi connectivity index (χ4v) is 3.44. The SMILES string of the molecule is Cc1cc(S(=O)(=O)NCC(=O)NC2CCCC2)ccc1F. The van der Waals surface area contributed by atoms with Gasteiger partial charge in [-0.25, -0.2) is 17.5 Å². The predicted molar refractivity (Wildman–Crippen MR) is 76.7 cm³/mol. The Labute approximate surface area is 124 Å². The lowest BCUT2D eigenvalue weighted by Crippen LogP contribution is -2.40. The molecule has 1 aromatic carbocycles. The molecule has 2 N–H and O–H groups in total. The van der Waals surface area contributed by atoms with Crippen LogP contribution in [0.1, 0.15) is 31.2 Å². The van der Waals surface area contributed by atoms with Gasteiger partial charge in [0.2, 0.25) is 15.9 Å². The van der Waals surface area contributed by atoms with Crippen LogP contribution in [0.3, 0.4) is 0 Å². The fourth-order valence-electron chi connectivity index (χ4n) is 2.38. The maximum absolute atomic E-state index is 13.1. The van der Waals surface area contributed by atoms with Gasteiger partial charge in [-0.3, -0.25) is 4.79 Å². The molecule has 2 rings (SSSR count). The van der Waals surface area contributed by atoms with E-state index in [1.807, 2.05) is 0 Å². The lowest BCUT2D eigenvalue weighted by atomic mass is 10.2. The van der Waals surface area contributed by atoms with Crippen molar-refractivity contribution in [3.05, 3.63) is 29.6 Å². The zero-order valence-electron chi connectivity index (χ0n) is 11.9. The minimum Gasteiger partial charge on any atom is -0.352 e.